The smallest absolute Gasteiger partial charge is 0.107 e. The average Bonchev–Trinajstić information content (AvgIpc) is 2.53. The molecule has 0 saturated heterocycles. The largest absolute Gasteiger partial charge is 0.368 e. The van der Waals surface area contributed by atoms with Crippen molar-refractivity contribution in [3.63, 3.8) is 0 Å². The second-order valence-electron chi connectivity index (χ2n) is 6.18. The Morgan fingerprint density at radius 2 is 1.86 bits per heavy atom. The number of rotatable bonds is 5. The lowest BCUT2D eigenvalue weighted by molar-refractivity contribution is 0.0423. The first-order valence-corrected chi connectivity index (χ1v) is 7.89. The summed E-state index contributed by atoms with van der Waals surface area (Å²) in [6, 6.07) is 10.9. The fourth-order valence-electron chi connectivity index (χ4n) is 3.41. The van der Waals surface area contributed by atoms with Gasteiger partial charge in [0, 0.05) is 5.54 Å². The highest BCUT2D eigenvalue weighted by Crippen LogP contribution is 2.42. The van der Waals surface area contributed by atoms with Crippen molar-refractivity contribution < 1.29 is 4.74 Å². The molecule has 1 saturated carbocycles. The van der Waals surface area contributed by atoms with E-state index in [1.165, 1.54) is 31.2 Å². The predicted molar refractivity (Wildman–Crippen MR) is 88.0 cm³/mol. The Bertz CT molecular complexity index is 475. The van der Waals surface area contributed by atoms with E-state index in [0.29, 0.717) is 12.5 Å². The van der Waals surface area contributed by atoms with Crippen LogP contribution in [0.3, 0.4) is 0 Å². The molecular formula is C19H27NO. The molecule has 2 rings (SSSR count). The third-order valence-corrected chi connectivity index (χ3v) is 4.80. The van der Waals surface area contributed by atoms with E-state index in [1.807, 2.05) is 6.92 Å². The van der Waals surface area contributed by atoms with Crippen LogP contribution in [0.2, 0.25) is 0 Å². The summed E-state index contributed by atoms with van der Waals surface area (Å²) in [7, 11) is 4.42. The summed E-state index contributed by atoms with van der Waals surface area (Å²) in [5.41, 5.74) is 1.65. The zero-order valence-corrected chi connectivity index (χ0v) is 13.6. The molecule has 1 aromatic rings. The highest BCUT2D eigenvalue weighted by molar-refractivity contribution is 5.25. The summed E-state index contributed by atoms with van der Waals surface area (Å²) >= 11 is 0. The molecule has 1 aliphatic rings. The minimum Gasteiger partial charge on any atom is -0.368 e. The molecule has 0 unspecified atom stereocenters. The molecule has 2 heteroatoms. The van der Waals surface area contributed by atoms with Crippen LogP contribution in [0.15, 0.2) is 30.3 Å². The first-order chi connectivity index (χ1) is 10.2. The van der Waals surface area contributed by atoms with Crippen LogP contribution in [0.25, 0.3) is 0 Å². The van der Waals surface area contributed by atoms with Gasteiger partial charge in [0.25, 0.3) is 0 Å². The Morgan fingerprint density at radius 3 is 2.43 bits per heavy atom. The molecule has 0 amide bonds. The molecule has 1 aliphatic carbocycles. The Kier molecular flexibility index (Phi) is 5.85. The van der Waals surface area contributed by atoms with Gasteiger partial charge in [-0.3, -0.25) is 4.90 Å². The summed E-state index contributed by atoms with van der Waals surface area (Å²) in [5.74, 6) is 6.52. The van der Waals surface area contributed by atoms with Crippen molar-refractivity contribution in [2.24, 2.45) is 5.92 Å². The van der Waals surface area contributed by atoms with Crippen LogP contribution in [0.4, 0.5) is 0 Å². The molecule has 21 heavy (non-hydrogen) atoms. The Morgan fingerprint density at radius 1 is 1.19 bits per heavy atom. The van der Waals surface area contributed by atoms with Gasteiger partial charge in [0.15, 0.2) is 0 Å². The van der Waals surface area contributed by atoms with Gasteiger partial charge in [-0.05, 0) is 58.2 Å². The maximum atomic E-state index is 5.66. The quantitative estimate of drug-likeness (QED) is 0.604. The van der Waals surface area contributed by atoms with Crippen molar-refractivity contribution in [2.45, 2.75) is 38.1 Å². The fraction of sp³-hybridized carbons (Fsp3) is 0.579. The van der Waals surface area contributed by atoms with Gasteiger partial charge in [0.1, 0.15) is 6.61 Å². The van der Waals surface area contributed by atoms with Crippen LogP contribution in [0.1, 0.15) is 38.2 Å². The second-order valence-corrected chi connectivity index (χ2v) is 6.18. The summed E-state index contributed by atoms with van der Waals surface area (Å²) in [4.78, 5) is 2.40. The molecule has 0 aliphatic heterocycles. The molecule has 1 aromatic carbocycles. The van der Waals surface area contributed by atoms with E-state index >= 15 is 0 Å². The van der Waals surface area contributed by atoms with Gasteiger partial charge >= 0.3 is 0 Å². The predicted octanol–water partition coefficient (Wildman–Crippen LogP) is 3.67. The van der Waals surface area contributed by atoms with Gasteiger partial charge in [0.05, 0.1) is 6.61 Å². The summed E-state index contributed by atoms with van der Waals surface area (Å²) in [6.45, 7) is 3.28. The summed E-state index contributed by atoms with van der Waals surface area (Å²) in [6.07, 6.45) is 4.87. The molecule has 0 atom stereocenters. The van der Waals surface area contributed by atoms with Crippen LogP contribution < -0.4 is 0 Å². The topological polar surface area (TPSA) is 12.5 Å². The molecule has 0 spiro atoms. The van der Waals surface area contributed by atoms with Crippen molar-refractivity contribution in [3.8, 4) is 11.8 Å². The first-order valence-electron chi connectivity index (χ1n) is 7.89. The summed E-state index contributed by atoms with van der Waals surface area (Å²) < 4.78 is 5.66. The lowest BCUT2D eigenvalue weighted by atomic mass is 9.72. The van der Waals surface area contributed by atoms with Crippen molar-refractivity contribution in [3.05, 3.63) is 35.9 Å². The number of hydrogen-bond donors (Lipinski definition) is 0. The van der Waals surface area contributed by atoms with Crippen molar-refractivity contribution in [1.29, 1.82) is 0 Å². The van der Waals surface area contributed by atoms with Gasteiger partial charge < -0.3 is 4.74 Å². The highest BCUT2D eigenvalue weighted by Gasteiger charge is 2.38. The SMILES string of the molecule is CC#CCOCC1CCC(c2ccccc2)(N(C)C)CC1. The van der Waals surface area contributed by atoms with Crippen LogP contribution in [-0.2, 0) is 10.3 Å². The van der Waals surface area contributed by atoms with Crippen LogP contribution >= 0.6 is 0 Å². The van der Waals surface area contributed by atoms with E-state index in [9.17, 15) is 0 Å². The lowest BCUT2D eigenvalue weighted by Gasteiger charge is -2.45. The Hall–Kier alpha value is -1.30. The van der Waals surface area contributed by atoms with E-state index in [2.05, 4.69) is 61.2 Å². The lowest BCUT2D eigenvalue weighted by Crippen LogP contribution is -2.44. The molecule has 114 valence electrons. The number of nitrogens with zero attached hydrogens (tertiary/aromatic N) is 1. The minimum absolute atomic E-state index is 0.195. The van der Waals surface area contributed by atoms with E-state index in [-0.39, 0.29) is 5.54 Å². The molecule has 2 nitrogen and oxygen atoms in total. The van der Waals surface area contributed by atoms with Crippen molar-refractivity contribution >= 4 is 0 Å². The van der Waals surface area contributed by atoms with Gasteiger partial charge in [-0.25, -0.2) is 0 Å². The molecule has 1 fully saturated rings. The van der Waals surface area contributed by atoms with E-state index in [4.69, 9.17) is 4.74 Å². The summed E-state index contributed by atoms with van der Waals surface area (Å²) in [5, 5.41) is 0. The number of ether oxygens (including phenoxy) is 1. The van der Waals surface area contributed by atoms with E-state index in [1.54, 1.807) is 0 Å². The zero-order valence-electron chi connectivity index (χ0n) is 13.6. The van der Waals surface area contributed by atoms with E-state index in [0.717, 1.165) is 6.61 Å². The molecule has 0 N–H and O–H groups in total. The number of benzene rings is 1. The molecule has 0 bridgehead atoms. The standard InChI is InChI=1S/C19H27NO/c1-4-5-15-21-16-17-11-13-19(14-12-17,20(2)3)18-9-7-6-8-10-18/h6-10,17H,11-16H2,1-3H3. The Balaban J connectivity index is 1.96. The maximum absolute atomic E-state index is 5.66. The Labute approximate surface area is 129 Å². The first kappa shape index (κ1) is 16.1. The highest BCUT2D eigenvalue weighted by atomic mass is 16.5. The van der Waals surface area contributed by atoms with Gasteiger partial charge in [-0.1, -0.05) is 36.3 Å². The van der Waals surface area contributed by atoms with Crippen LogP contribution in [0.5, 0.6) is 0 Å². The normalized spacial score (nSPS) is 25.4. The number of hydrogen-bond acceptors (Lipinski definition) is 2. The van der Waals surface area contributed by atoms with Crippen molar-refractivity contribution in [1.82, 2.24) is 4.90 Å². The average molecular weight is 285 g/mol. The zero-order chi connectivity index (χ0) is 15.1. The molecule has 0 aromatic heterocycles. The van der Waals surface area contributed by atoms with Crippen LogP contribution in [0, 0.1) is 17.8 Å². The third-order valence-electron chi connectivity index (χ3n) is 4.80. The molecule has 0 heterocycles. The second kappa shape index (κ2) is 7.64. The van der Waals surface area contributed by atoms with Crippen molar-refractivity contribution in [2.75, 3.05) is 27.3 Å². The van der Waals surface area contributed by atoms with E-state index < -0.39 is 0 Å². The molecule has 0 radical (unpaired) electrons. The fourth-order valence-corrected chi connectivity index (χ4v) is 3.41. The van der Waals surface area contributed by atoms with Crippen LogP contribution in [-0.4, -0.2) is 32.2 Å². The van der Waals surface area contributed by atoms with Gasteiger partial charge in [0.2, 0.25) is 0 Å². The minimum atomic E-state index is 0.195. The third kappa shape index (κ3) is 3.87. The monoisotopic (exact) mass is 285 g/mol. The van der Waals surface area contributed by atoms with Gasteiger partial charge in [-0.15, -0.1) is 5.92 Å². The van der Waals surface area contributed by atoms with Gasteiger partial charge in [-0.2, -0.15) is 0 Å². The maximum Gasteiger partial charge on any atom is 0.107 e. The molecular weight excluding hydrogens is 258 g/mol.